The zero-order chi connectivity index (χ0) is 15.5. The highest BCUT2D eigenvalue weighted by Crippen LogP contribution is 2.73. The standard InChI is InChI=1S/C21H22O2/c1-20-14-17(20)12-13-21(20)22-18(15-8-4-2-5-9-15)19(23-21)16-10-6-3-7-11-16/h2-11,17-19H,12-14H2,1H3/t17-,18-,19-,20+/m0/s1. The van der Waals surface area contributed by atoms with E-state index in [9.17, 15) is 0 Å². The molecule has 2 aromatic carbocycles. The highest BCUT2D eigenvalue weighted by molar-refractivity contribution is 5.28. The average molecular weight is 306 g/mol. The smallest absolute Gasteiger partial charge is 0.175 e. The number of hydrogen-bond donors (Lipinski definition) is 0. The van der Waals surface area contributed by atoms with Gasteiger partial charge in [-0.25, -0.2) is 0 Å². The van der Waals surface area contributed by atoms with Gasteiger partial charge in [-0.05, 0) is 29.9 Å². The van der Waals surface area contributed by atoms with Crippen molar-refractivity contribution in [1.82, 2.24) is 0 Å². The Hall–Kier alpha value is -1.64. The Labute approximate surface area is 137 Å². The monoisotopic (exact) mass is 306 g/mol. The van der Waals surface area contributed by atoms with Crippen LogP contribution >= 0.6 is 0 Å². The third kappa shape index (κ3) is 1.88. The van der Waals surface area contributed by atoms with Crippen LogP contribution in [0.1, 0.15) is 49.5 Å². The summed E-state index contributed by atoms with van der Waals surface area (Å²) in [5, 5.41) is 0. The number of rotatable bonds is 2. The fourth-order valence-electron chi connectivity index (χ4n) is 4.71. The topological polar surface area (TPSA) is 18.5 Å². The first kappa shape index (κ1) is 13.8. The summed E-state index contributed by atoms with van der Waals surface area (Å²) in [5.41, 5.74) is 2.64. The first-order valence-electron chi connectivity index (χ1n) is 8.67. The zero-order valence-corrected chi connectivity index (χ0v) is 13.4. The molecule has 0 unspecified atom stereocenters. The molecule has 0 bridgehead atoms. The lowest BCUT2D eigenvalue weighted by molar-refractivity contribution is -0.212. The summed E-state index contributed by atoms with van der Waals surface area (Å²) in [5.74, 6) is 0.395. The van der Waals surface area contributed by atoms with Crippen molar-refractivity contribution in [2.24, 2.45) is 11.3 Å². The lowest BCUT2D eigenvalue weighted by Crippen LogP contribution is -2.36. The number of ether oxygens (including phenoxy) is 2. The van der Waals surface area contributed by atoms with Gasteiger partial charge in [0.1, 0.15) is 12.2 Å². The molecule has 2 aromatic rings. The van der Waals surface area contributed by atoms with Crippen LogP contribution in [0.2, 0.25) is 0 Å². The quantitative estimate of drug-likeness (QED) is 0.774. The van der Waals surface area contributed by atoms with Gasteiger partial charge in [0.15, 0.2) is 5.79 Å². The van der Waals surface area contributed by atoms with E-state index in [1.807, 2.05) is 0 Å². The molecule has 2 saturated carbocycles. The number of hydrogen-bond acceptors (Lipinski definition) is 2. The molecule has 0 aromatic heterocycles. The Morgan fingerprint density at radius 1 is 0.826 bits per heavy atom. The van der Waals surface area contributed by atoms with Gasteiger partial charge in [0.05, 0.1) is 0 Å². The normalized spacial score (nSPS) is 37.0. The van der Waals surface area contributed by atoms with E-state index >= 15 is 0 Å². The maximum absolute atomic E-state index is 6.70. The molecule has 3 fully saturated rings. The van der Waals surface area contributed by atoms with E-state index in [4.69, 9.17) is 9.47 Å². The molecular formula is C21H22O2. The Morgan fingerprint density at radius 2 is 1.35 bits per heavy atom. The summed E-state index contributed by atoms with van der Waals surface area (Å²) in [6.45, 7) is 2.35. The molecule has 118 valence electrons. The number of fused-ring (bicyclic) bond motifs is 2. The fourth-order valence-corrected chi connectivity index (χ4v) is 4.71. The molecule has 4 atom stereocenters. The Bertz CT molecular complexity index is 662. The summed E-state index contributed by atoms with van der Waals surface area (Å²) in [6, 6.07) is 21.1. The molecule has 2 aliphatic carbocycles. The lowest BCUT2D eigenvalue weighted by atomic mass is 9.99. The van der Waals surface area contributed by atoms with Crippen LogP contribution in [0.3, 0.4) is 0 Å². The van der Waals surface area contributed by atoms with Gasteiger partial charge in [0.25, 0.3) is 0 Å². The minimum absolute atomic E-state index is 0.0187. The summed E-state index contributed by atoms with van der Waals surface area (Å²) < 4.78 is 13.4. The lowest BCUT2D eigenvalue weighted by Gasteiger charge is -2.31. The molecule has 1 aliphatic heterocycles. The van der Waals surface area contributed by atoms with Gasteiger partial charge in [-0.2, -0.15) is 0 Å². The average Bonchev–Trinajstić information content (AvgIpc) is 3.02. The third-order valence-electron chi connectivity index (χ3n) is 6.27. The molecule has 3 aliphatic rings. The van der Waals surface area contributed by atoms with Crippen molar-refractivity contribution in [2.75, 3.05) is 0 Å². The van der Waals surface area contributed by atoms with E-state index in [-0.39, 0.29) is 17.6 Å². The van der Waals surface area contributed by atoms with Crippen LogP contribution in [0, 0.1) is 11.3 Å². The van der Waals surface area contributed by atoms with E-state index in [0.717, 1.165) is 12.3 Å². The maximum Gasteiger partial charge on any atom is 0.175 e. The Morgan fingerprint density at radius 3 is 1.74 bits per heavy atom. The molecule has 0 radical (unpaired) electrons. The third-order valence-corrected chi connectivity index (χ3v) is 6.27. The van der Waals surface area contributed by atoms with Crippen molar-refractivity contribution in [1.29, 1.82) is 0 Å². The van der Waals surface area contributed by atoms with Crippen LogP contribution in [-0.2, 0) is 9.47 Å². The fraction of sp³-hybridized carbons (Fsp3) is 0.429. The van der Waals surface area contributed by atoms with Crippen LogP contribution < -0.4 is 0 Å². The minimum Gasteiger partial charge on any atom is -0.338 e. The van der Waals surface area contributed by atoms with Gasteiger partial charge in [0.2, 0.25) is 0 Å². The van der Waals surface area contributed by atoms with Crippen LogP contribution in [0.5, 0.6) is 0 Å². The highest BCUT2D eigenvalue weighted by atomic mass is 16.8. The zero-order valence-electron chi connectivity index (χ0n) is 13.4. The van der Waals surface area contributed by atoms with Crippen molar-refractivity contribution in [2.45, 2.75) is 44.2 Å². The first-order valence-corrected chi connectivity index (χ1v) is 8.67. The van der Waals surface area contributed by atoms with Crippen LogP contribution in [0.15, 0.2) is 60.7 Å². The predicted molar refractivity (Wildman–Crippen MR) is 88.7 cm³/mol. The largest absolute Gasteiger partial charge is 0.338 e. The number of benzene rings is 2. The summed E-state index contributed by atoms with van der Waals surface area (Å²) >= 11 is 0. The summed E-state index contributed by atoms with van der Waals surface area (Å²) in [4.78, 5) is 0. The maximum atomic E-state index is 6.70. The molecule has 1 saturated heterocycles. The summed E-state index contributed by atoms with van der Waals surface area (Å²) in [7, 11) is 0. The molecule has 1 spiro atoms. The molecule has 2 nitrogen and oxygen atoms in total. The van der Waals surface area contributed by atoms with Crippen molar-refractivity contribution < 1.29 is 9.47 Å². The first-order chi connectivity index (χ1) is 11.2. The molecule has 1 heterocycles. The minimum atomic E-state index is -0.390. The van der Waals surface area contributed by atoms with E-state index in [1.54, 1.807) is 0 Å². The van der Waals surface area contributed by atoms with Gasteiger partial charge in [-0.3, -0.25) is 0 Å². The van der Waals surface area contributed by atoms with E-state index in [0.29, 0.717) is 0 Å². The van der Waals surface area contributed by atoms with Gasteiger partial charge >= 0.3 is 0 Å². The van der Waals surface area contributed by atoms with Gasteiger partial charge < -0.3 is 9.47 Å². The van der Waals surface area contributed by atoms with Crippen LogP contribution in [0.25, 0.3) is 0 Å². The SMILES string of the molecule is C[C@@]12C[C@@H]1CCC21O[C@@H](c2ccccc2)[C@H](c2ccccc2)O1. The van der Waals surface area contributed by atoms with Crippen LogP contribution in [-0.4, -0.2) is 5.79 Å². The second-order valence-electron chi connectivity index (χ2n) is 7.51. The van der Waals surface area contributed by atoms with Crippen LogP contribution in [0.4, 0.5) is 0 Å². The van der Waals surface area contributed by atoms with Crippen molar-refractivity contribution in [3.63, 3.8) is 0 Å². The van der Waals surface area contributed by atoms with Gasteiger partial charge in [-0.15, -0.1) is 0 Å². The van der Waals surface area contributed by atoms with Gasteiger partial charge in [-0.1, -0.05) is 67.6 Å². The predicted octanol–water partition coefficient (Wildman–Crippen LogP) is 5.03. The van der Waals surface area contributed by atoms with E-state index in [1.165, 1.54) is 24.0 Å². The Kier molecular flexibility index (Phi) is 2.80. The second kappa shape index (κ2) is 4.68. The molecule has 23 heavy (non-hydrogen) atoms. The van der Waals surface area contributed by atoms with Gasteiger partial charge in [0, 0.05) is 11.8 Å². The molecule has 2 heteroatoms. The highest BCUT2D eigenvalue weighted by Gasteiger charge is 2.73. The molecule has 5 rings (SSSR count). The van der Waals surface area contributed by atoms with E-state index in [2.05, 4.69) is 67.6 Å². The van der Waals surface area contributed by atoms with Crippen molar-refractivity contribution >= 4 is 0 Å². The second-order valence-corrected chi connectivity index (χ2v) is 7.51. The molecule has 0 amide bonds. The van der Waals surface area contributed by atoms with Crippen molar-refractivity contribution in [3.8, 4) is 0 Å². The van der Waals surface area contributed by atoms with E-state index < -0.39 is 5.79 Å². The summed E-state index contributed by atoms with van der Waals surface area (Å²) in [6.07, 6.45) is 3.47. The Balaban J connectivity index is 1.57. The van der Waals surface area contributed by atoms with Crippen molar-refractivity contribution in [3.05, 3.63) is 71.8 Å². The molecule has 0 N–H and O–H groups in total. The molecular weight excluding hydrogens is 284 g/mol.